The maximum Gasteiger partial charge on any atom is 0.330 e. The van der Waals surface area contributed by atoms with Gasteiger partial charge in [0.2, 0.25) is 0 Å². The van der Waals surface area contributed by atoms with Crippen LogP contribution in [0.5, 0.6) is 0 Å². The second-order valence-corrected chi connectivity index (χ2v) is 4.66. The summed E-state index contributed by atoms with van der Waals surface area (Å²) in [5.74, 6) is -0.953. The average molecular weight is 214 g/mol. The van der Waals surface area contributed by atoms with Crippen molar-refractivity contribution in [2.75, 3.05) is 13.2 Å². The summed E-state index contributed by atoms with van der Waals surface area (Å²) in [6, 6.07) is 0. The van der Waals surface area contributed by atoms with Crippen molar-refractivity contribution in [3.63, 3.8) is 0 Å². The van der Waals surface area contributed by atoms with Crippen LogP contribution in [0.1, 0.15) is 26.7 Å². The highest BCUT2D eigenvalue weighted by Gasteiger charge is 2.28. The Bertz CT molecular complexity index is 247. The molecular weight excluding hydrogens is 196 g/mol. The molecule has 1 aliphatic heterocycles. The van der Waals surface area contributed by atoms with Gasteiger partial charge in [0.25, 0.3) is 0 Å². The Morgan fingerprint density at radius 1 is 1.47 bits per heavy atom. The predicted octanol–water partition coefficient (Wildman–Crippen LogP) is 1.81. The number of carboxylic acid groups (broad SMARTS) is 1. The molecular formula is C11H18O4. The number of hydrogen-bond acceptors (Lipinski definition) is 3. The van der Waals surface area contributed by atoms with Gasteiger partial charge in [-0.1, -0.05) is 20.4 Å². The van der Waals surface area contributed by atoms with E-state index in [1.54, 1.807) is 0 Å². The van der Waals surface area contributed by atoms with Gasteiger partial charge in [-0.3, -0.25) is 0 Å². The zero-order chi connectivity index (χ0) is 11.5. The lowest BCUT2D eigenvalue weighted by Gasteiger charge is -2.34. The number of hydrogen-bond donors (Lipinski definition) is 1. The van der Waals surface area contributed by atoms with Gasteiger partial charge in [-0.05, 0) is 6.42 Å². The maximum atomic E-state index is 10.5. The van der Waals surface area contributed by atoms with Crippen molar-refractivity contribution in [1.29, 1.82) is 0 Å². The minimum absolute atomic E-state index is 0.0559. The summed E-state index contributed by atoms with van der Waals surface area (Å²) in [7, 11) is 0. The molecule has 0 radical (unpaired) electrons. The Morgan fingerprint density at radius 2 is 2.00 bits per heavy atom. The smallest absolute Gasteiger partial charge is 0.330 e. The van der Waals surface area contributed by atoms with Crippen molar-refractivity contribution in [2.24, 2.45) is 5.41 Å². The first-order valence-corrected chi connectivity index (χ1v) is 5.05. The normalized spacial score (nSPS) is 21.2. The molecule has 0 unspecified atom stereocenters. The molecule has 1 rings (SSSR count). The minimum Gasteiger partial charge on any atom is -0.478 e. The van der Waals surface area contributed by atoms with Gasteiger partial charge < -0.3 is 14.6 Å². The lowest BCUT2D eigenvalue weighted by Crippen LogP contribution is -2.37. The van der Waals surface area contributed by atoms with Crippen molar-refractivity contribution in [3.05, 3.63) is 12.2 Å². The van der Waals surface area contributed by atoms with Gasteiger partial charge in [-0.25, -0.2) is 4.79 Å². The van der Waals surface area contributed by atoms with Crippen LogP contribution < -0.4 is 0 Å². The van der Waals surface area contributed by atoms with Gasteiger partial charge in [0, 0.05) is 17.4 Å². The molecule has 0 aromatic rings. The Kier molecular flexibility index (Phi) is 3.88. The molecule has 1 N–H and O–H groups in total. The van der Waals surface area contributed by atoms with Gasteiger partial charge in [0.15, 0.2) is 6.29 Å². The van der Waals surface area contributed by atoms with E-state index in [2.05, 4.69) is 20.4 Å². The largest absolute Gasteiger partial charge is 0.478 e. The van der Waals surface area contributed by atoms with Crippen molar-refractivity contribution >= 4 is 5.97 Å². The number of carboxylic acids is 1. The quantitative estimate of drug-likeness (QED) is 0.725. The van der Waals surface area contributed by atoms with Crippen molar-refractivity contribution < 1.29 is 19.4 Å². The molecule has 15 heavy (non-hydrogen) atoms. The van der Waals surface area contributed by atoms with Gasteiger partial charge in [0.1, 0.15) is 0 Å². The molecule has 1 heterocycles. The predicted molar refractivity (Wildman–Crippen MR) is 55.5 cm³/mol. The zero-order valence-electron chi connectivity index (χ0n) is 9.28. The second-order valence-electron chi connectivity index (χ2n) is 4.66. The third-order valence-electron chi connectivity index (χ3n) is 2.30. The van der Waals surface area contributed by atoms with Crippen LogP contribution in [-0.2, 0) is 14.3 Å². The van der Waals surface area contributed by atoms with Crippen LogP contribution in [0.15, 0.2) is 12.2 Å². The number of ether oxygens (including phenoxy) is 2. The molecule has 0 bridgehead atoms. The summed E-state index contributed by atoms with van der Waals surface area (Å²) in [4.78, 5) is 10.5. The molecule has 0 spiro atoms. The van der Waals surface area contributed by atoms with Crippen LogP contribution in [0.25, 0.3) is 0 Å². The molecule has 1 aliphatic rings. The molecule has 4 nitrogen and oxygen atoms in total. The third-order valence-corrected chi connectivity index (χ3v) is 2.30. The van der Waals surface area contributed by atoms with Crippen LogP contribution in [0.4, 0.5) is 0 Å². The van der Waals surface area contributed by atoms with E-state index >= 15 is 0 Å². The molecule has 0 atom stereocenters. The third kappa shape index (κ3) is 4.01. The van der Waals surface area contributed by atoms with Crippen molar-refractivity contribution in [3.8, 4) is 0 Å². The minimum atomic E-state index is -0.953. The van der Waals surface area contributed by atoms with Crippen molar-refractivity contribution in [1.82, 2.24) is 0 Å². The molecule has 1 saturated heterocycles. The van der Waals surface area contributed by atoms with Gasteiger partial charge in [-0.2, -0.15) is 0 Å². The van der Waals surface area contributed by atoms with E-state index in [0.717, 1.165) is 0 Å². The molecule has 0 amide bonds. The Balaban J connectivity index is 2.25. The lowest BCUT2D eigenvalue weighted by atomic mass is 9.95. The lowest BCUT2D eigenvalue weighted by molar-refractivity contribution is -0.223. The number of aliphatic carboxylic acids is 1. The van der Waals surface area contributed by atoms with E-state index in [-0.39, 0.29) is 17.3 Å². The van der Waals surface area contributed by atoms with Crippen molar-refractivity contribution in [2.45, 2.75) is 33.0 Å². The Labute approximate surface area is 89.9 Å². The molecule has 4 heteroatoms. The van der Waals surface area contributed by atoms with Crippen LogP contribution in [0, 0.1) is 5.41 Å². The first-order chi connectivity index (χ1) is 6.91. The molecule has 0 saturated carbocycles. The Morgan fingerprint density at radius 3 is 2.47 bits per heavy atom. The van der Waals surface area contributed by atoms with E-state index in [1.807, 2.05) is 0 Å². The SMILES string of the molecule is C=C(CCC1OCC(C)(C)CO1)C(=O)O. The van der Waals surface area contributed by atoms with Gasteiger partial charge in [0.05, 0.1) is 13.2 Å². The van der Waals surface area contributed by atoms with Crippen LogP contribution in [0.2, 0.25) is 0 Å². The zero-order valence-corrected chi connectivity index (χ0v) is 9.28. The van der Waals surface area contributed by atoms with E-state index in [4.69, 9.17) is 14.6 Å². The van der Waals surface area contributed by atoms with E-state index in [9.17, 15) is 4.79 Å². The number of carbonyl (C=O) groups is 1. The summed E-state index contributed by atoms with van der Waals surface area (Å²) in [5, 5.41) is 8.61. The molecule has 0 aromatic carbocycles. The van der Waals surface area contributed by atoms with E-state index < -0.39 is 5.97 Å². The fourth-order valence-corrected chi connectivity index (χ4v) is 1.29. The van der Waals surface area contributed by atoms with Crippen LogP contribution >= 0.6 is 0 Å². The molecule has 1 fully saturated rings. The average Bonchev–Trinajstić information content (AvgIpc) is 2.15. The standard InChI is InChI=1S/C11H18O4/c1-8(10(12)13)4-5-9-14-6-11(2,3)7-15-9/h9H,1,4-7H2,2-3H3,(H,12,13). The molecule has 0 aliphatic carbocycles. The summed E-state index contributed by atoms with van der Waals surface area (Å²) in [5.41, 5.74) is 0.257. The van der Waals surface area contributed by atoms with Gasteiger partial charge in [-0.15, -0.1) is 0 Å². The first kappa shape index (κ1) is 12.2. The summed E-state index contributed by atoms with van der Waals surface area (Å²) >= 11 is 0. The second kappa shape index (κ2) is 4.77. The van der Waals surface area contributed by atoms with E-state index in [1.165, 1.54) is 0 Å². The monoisotopic (exact) mass is 214 g/mol. The molecule has 86 valence electrons. The summed E-state index contributed by atoms with van der Waals surface area (Å²) in [6.07, 6.45) is 0.677. The fourth-order valence-electron chi connectivity index (χ4n) is 1.29. The summed E-state index contributed by atoms with van der Waals surface area (Å²) < 4.78 is 10.9. The molecule has 0 aromatic heterocycles. The first-order valence-electron chi connectivity index (χ1n) is 5.05. The maximum absolute atomic E-state index is 10.5. The highest BCUT2D eigenvalue weighted by Crippen LogP contribution is 2.25. The van der Waals surface area contributed by atoms with E-state index in [0.29, 0.717) is 26.1 Å². The highest BCUT2D eigenvalue weighted by atomic mass is 16.7. The summed E-state index contributed by atoms with van der Waals surface area (Å²) in [6.45, 7) is 8.89. The van der Waals surface area contributed by atoms with Crippen LogP contribution in [-0.4, -0.2) is 30.6 Å². The number of rotatable bonds is 4. The highest BCUT2D eigenvalue weighted by molar-refractivity contribution is 5.85. The topological polar surface area (TPSA) is 55.8 Å². The fraction of sp³-hybridized carbons (Fsp3) is 0.727. The van der Waals surface area contributed by atoms with Crippen LogP contribution in [0.3, 0.4) is 0 Å². The van der Waals surface area contributed by atoms with Gasteiger partial charge >= 0.3 is 5.97 Å². The Hall–Kier alpha value is -0.870.